The van der Waals surface area contributed by atoms with Crippen LogP contribution in [0, 0.1) is 11.6 Å². The second-order valence-corrected chi connectivity index (χ2v) is 4.80. The molecule has 0 aromatic heterocycles. The van der Waals surface area contributed by atoms with Crippen molar-refractivity contribution in [3.63, 3.8) is 0 Å². The first kappa shape index (κ1) is 11.8. The molecule has 1 N–H and O–H groups in total. The number of halogens is 2. The van der Waals surface area contributed by atoms with Crippen LogP contribution in [-0.2, 0) is 4.79 Å². The smallest absolute Gasteiger partial charge is 0.224 e. The average molecular weight is 240 g/mol. The molecule has 5 heteroatoms. The minimum Gasteiger partial charge on any atom is -0.379 e. The van der Waals surface area contributed by atoms with E-state index in [1.54, 1.807) is 0 Å². The first-order valence-corrected chi connectivity index (χ1v) is 5.36. The molecule has 1 heterocycles. The van der Waals surface area contributed by atoms with Gasteiger partial charge in [-0.3, -0.25) is 4.79 Å². The molecule has 3 nitrogen and oxygen atoms in total. The zero-order chi connectivity index (χ0) is 12.8. The Bertz CT molecular complexity index is 486. The highest BCUT2D eigenvalue weighted by Gasteiger charge is 2.36. The second-order valence-electron chi connectivity index (χ2n) is 4.80. The van der Waals surface area contributed by atoms with Gasteiger partial charge >= 0.3 is 0 Å². The molecule has 17 heavy (non-hydrogen) atoms. The number of carbonyl (C=O) groups is 1. The molecule has 92 valence electrons. The largest absolute Gasteiger partial charge is 0.379 e. The molecule has 0 fully saturated rings. The molecule has 0 bridgehead atoms. The predicted octanol–water partition coefficient (Wildman–Crippen LogP) is 2.52. The van der Waals surface area contributed by atoms with E-state index in [1.807, 2.05) is 13.8 Å². The fourth-order valence-electron chi connectivity index (χ4n) is 2.22. The number of nitrogens with zero attached hydrogens (tertiary/aromatic N) is 1. The number of benzene rings is 1. The van der Waals surface area contributed by atoms with Gasteiger partial charge in [-0.25, -0.2) is 8.78 Å². The highest BCUT2D eigenvalue weighted by Crippen LogP contribution is 2.38. The van der Waals surface area contributed by atoms with Gasteiger partial charge < -0.3 is 10.2 Å². The van der Waals surface area contributed by atoms with Gasteiger partial charge in [0.1, 0.15) is 5.82 Å². The Morgan fingerprint density at radius 2 is 2.06 bits per heavy atom. The lowest BCUT2D eigenvalue weighted by Crippen LogP contribution is -2.54. The summed E-state index contributed by atoms with van der Waals surface area (Å²) in [7, 11) is 0. The fourth-order valence-corrected chi connectivity index (χ4v) is 2.22. The summed E-state index contributed by atoms with van der Waals surface area (Å²) in [5.41, 5.74) is -0.0776. The van der Waals surface area contributed by atoms with E-state index in [4.69, 9.17) is 0 Å². The molecular formula is C12H14F2N2O. The lowest BCUT2D eigenvalue weighted by atomic mass is 9.97. The van der Waals surface area contributed by atoms with Crippen LogP contribution in [0.4, 0.5) is 20.2 Å². The number of amides is 1. The Morgan fingerprint density at radius 3 is 2.65 bits per heavy atom. The number of carbonyl (C=O) groups excluding carboxylic acids is 1. The standard InChI is InChI=1S/C12H14F2N2O/c1-7(17)16-10-5-8(13)4-9(14)11(10)15-6-12(16,2)3/h4-5,15H,6H2,1-3H3. The van der Waals surface area contributed by atoms with Gasteiger partial charge in [0.15, 0.2) is 5.82 Å². The molecule has 0 saturated heterocycles. The van der Waals surface area contributed by atoms with Crippen LogP contribution in [0.1, 0.15) is 20.8 Å². The van der Waals surface area contributed by atoms with Crippen molar-refractivity contribution in [2.45, 2.75) is 26.3 Å². The molecule has 1 aliphatic rings. The van der Waals surface area contributed by atoms with Crippen molar-refractivity contribution in [2.75, 3.05) is 16.8 Å². The molecule has 0 saturated carbocycles. The number of anilines is 2. The maximum absolute atomic E-state index is 13.6. The first-order chi connectivity index (χ1) is 7.83. The van der Waals surface area contributed by atoms with E-state index >= 15 is 0 Å². The van der Waals surface area contributed by atoms with Crippen LogP contribution in [0.15, 0.2) is 12.1 Å². The third kappa shape index (κ3) is 1.85. The maximum atomic E-state index is 13.6. The molecule has 0 atom stereocenters. The van der Waals surface area contributed by atoms with E-state index in [0.29, 0.717) is 6.54 Å². The molecule has 1 aromatic carbocycles. The van der Waals surface area contributed by atoms with Crippen molar-refractivity contribution < 1.29 is 13.6 Å². The Hall–Kier alpha value is -1.65. The molecule has 2 rings (SSSR count). The highest BCUT2D eigenvalue weighted by atomic mass is 19.1. The van der Waals surface area contributed by atoms with Crippen molar-refractivity contribution in [2.24, 2.45) is 0 Å². The van der Waals surface area contributed by atoms with E-state index in [0.717, 1.165) is 6.07 Å². The van der Waals surface area contributed by atoms with E-state index in [1.165, 1.54) is 17.9 Å². The second kappa shape index (κ2) is 3.68. The van der Waals surface area contributed by atoms with E-state index < -0.39 is 17.2 Å². The predicted molar refractivity (Wildman–Crippen MR) is 62.1 cm³/mol. The topological polar surface area (TPSA) is 32.3 Å². The molecule has 1 amide bonds. The van der Waals surface area contributed by atoms with Crippen LogP contribution in [0.2, 0.25) is 0 Å². The molecular weight excluding hydrogens is 226 g/mol. The van der Waals surface area contributed by atoms with Gasteiger partial charge in [-0.05, 0) is 19.9 Å². The van der Waals surface area contributed by atoms with Gasteiger partial charge in [0.2, 0.25) is 5.91 Å². The Kier molecular flexibility index (Phi) is 2.56. The molecule has 0 radical (unpaired) electrons. The molecule has 0 aliphatic carbocycles. The van der Waals surface area contributed by atoms with Crippen molar-refractivity contribution in [3.05, 3.63) is 23.8 Å². The number of hydrogen-bond donors (Lipinski definition) is 1. The summed E-state index contributed by atoms with van der Waals surface area (Å²) in [5, 5.41) is 2.90. The summed E-state index contributed by atoms with van der Waals surface area (Å²) in [6, 6.07) is 1.98. The van der Waals surface area contributed by atoms with Crippen LogP contribution < -0.4 is 10.2 Å². The summed E-state index contributed by atoms with van der Waals surface area (Å²) >= 11 is 0. The monoisotopic (exact) mass is 240 g/mol. The molecule has 1 aliphatic heterocycles. The number of fused-ring (bicyclic) bond motifs is 1. The van der Waals surface area contributed by atoms with Crippen molar-refractivity contribution in [1.82, 2.24) is 0 Å². The quantitative estimate of drug-likeness (QED) is 0.755. The summed E-state index contributed by atoms with van der Waals surface area (Å²) in [5.74, 6) is -1.60. The minimum absolute atomic E-state index is 0.181. The van der Waals surface area contributed by atoms with Crippen LogP contribution in [-0.4, -0.2) is 18.0 Å². The van der Waals surface area contributed by atoms with E-state index in [2.05, 4.69) is 5.32 Å². The Labute approximate surface area is 98.4 Å². The van der Waals surface area contributed by atoms with Crippen LogP contribution in [0.25, 0.3) is 0 Å². The number of rotatable bonds is 0. The molecule has 1 aromatic rings. The van der Waals surface area contributed by atoms with Gasteiger partial charge in [-0.15, -0.1) is 0 Å². The lowest BCUT2D eigenvalue weighted by molar-refractivity contribution is -0.117. The van der Waals surface area contributed by atoms with E-state index in [9.17, 15) is 13.6 Å². The third-order valence-corrected chi connectivity index (χ3v) is 2.89. The highest BCUT2D eigenvalue weighted by molar-refractivity contribution is 5.97. The number of nitrogens with one attached hydrogen (secondary N) is 1. The van der Waals surface area contributed by atoms with Gasteiger partial charge in [-0.1, -0.05) is 0 Å². The SMILES string of the molecule is CC(=O)N1c2cc(F)cc(F)c2NCC1(C)C. The molecule has 0 unspecified atom stereocenters. The van der Waals surface area contributed by atoms with Crippen LogP contribution >= 0.6 is 0 Å². The minimum atomic E-state index is -0.688. The first-order valence-electron chi connectivity index (χ1n) is 5.36. The van der Waals surface area contributed by atoms with Crippen molar-refractivity contribution in [1.29, 1.82) is 0 Å². The van der Waals surface area contributed by atoms with Crippen molar-refractivity contribution >= 4 is 17.3 Å². The average Bonchev–Trinajstić information content (AvgIpc) is 2.13. The van der Waals surface area contributed by atoms with E-state index in [-0.39, 0.29) is 17.3 Å². The summed E-state index contributed by atoms with van der Waals surface area (Å²) in [4.78, 5) is 13.1. The summed E-state index contributed by atoms with van der Waals surface area (Å²) in [6.45, 7) is 5.49. The zero-order valence-electron chi connectivity index (χ0n) is 9.97. The van der Waals surface area contributed by atoms with Crippen molar-refractivity contribution in [3.8, 4) is 0 Å². The van der Waals surface area contributed by atoms with Gasteiger partial charge in [0.05, 0.1) is 16.9 Å². The van der Waals surface area contributed by atoms with Gasteiger partial charge in [0.25, 0.3) is 0 Å². The summed E-state index contributed by atoms with van der Waals surface area (Å²) in [6.07, 6.45) is 0. The normalized spacial score (nSPS) is 17.4. The Balaban J connectivity index is 2.64. The number of hydrogen-bond acceptors (Lipinski definition) is 2. The van der Waals surface area contributed by atoms with Gasteiger partial charge in [-0.2, -0.15) is 0 Å². The Morgan fingerprint density at radius 1 is 1.41 bits per heavy atom. The van der Waals surface area contributed by atoms with Crippen LogP contribution in [0.3, 0.4) is 0 Å². The zero-order valence-corrected chi connectivity index (χ0v) is 9.97. The van der Waals surface area contributed by atoms with Gasteiger partial charge in [0, 0.05) is 19.5 Å². The third-order valence-electron chi connectivity index (χ3n) is 2.89. The summed E-state index contributed by atoms with van der Waals surface area (Å²) < 4.78 is 26.8. The van der Waals surface area contributed by atoms with Crippen LogP contribution in [0.5, 0.6) is 0 Å². The fraction of sp³-hybridized carbons (Fsp3) is 0.417. The maximum Gasteiger partial charge on any atom is 0.224 e. The lowest BCUT2D eigenvalue weighted by Gasteiger charge is -2.43. The molecule has 0 spiro atoms.